The van der Waals surface area contributed by atoms with Crippen LogP contribution >= 0.6 is 15.9 Å². The van der Waals surface area contributed by atoms with Crippen molar-refractivity contribution in [3.63, 3.8) is 0 Å². The third-order valence-corrected chi connectivity index (χ3v) is 5.74. The van der Waals surface area contributed by atoms with Gasteiger partial charge in [0, 0.05) is 10.0 Å². The number of nitrogens with one attached hydrogen (secondary N) is 1. The molecule has 6 heteroatoms. The molecule has 0 fully saturated rings. The third-order valence-electron chi connectivity index (χ3n) is 5.09. The van der Waals surface area contributed by atoms with Gasteiger partial charge < -0.3 is 9.15 Å². The van der Waals surface area contributed by atoms with E-state index in [1.54, 1.807) is 6.07 Å². The standard InChI is InChI=1S/C24H23BrN2O3/c1-16-6-10-21(22(25)12-16)23-11-9-20(30-23)14-26-27-24(28)15-29-19-8-7-17-4-2-3-5-18(17)13-19/h6-14H,2-5,15H2,1H3,(H,27,28)/b26-14-. The molecule has 2 aromatic carbocycles. The Morgan fingerprint density at radius 3 is 2.80 bits per heavy atom. The van der Waals surface area contributed by atoms with Crippen molar-refractivity contribution in [2.75, 3.05) is 6.61 Å². The van der Waals surface area contributed by atoms with E-state index in [1.165, 1.54) is 35.7 Å². The molecule has 0 atom stereocenters. The zero-order valence-corrected chi connectivity index (χ0v) is 18.4. The summed E-state index contributed by atoms with van der Waals surface area (Å²) in [6.45, 7) is 1.95. The number of rotatable bonds is 6. The lowest BCUT2D eigenvalue weighted by Gasteiger charge is -2.16. The quantitative estimate of drug-likeness (QED) is 0.389. The van der Waals surface area contributed by atoms with Crippen molar-refractivity contribution in [2.45, 2.75) is 32.6 Å². The number of furan rings is 1. The number of carbonyl (C=O) groups excluding carboxylic acids is 1. The summed E-state index contributed by atoms with van der Waals surface area (Å²) in [7, 11) is 0. The molecule has 3 aromatic rings. The van der Waals surface area contributed by atoms with Crippen LogP contribution in [0.25, 0.3) is 11.3 Å². The maximum Gasteiger partial charge on any atom is 0.277 e. The van der Waals surface area contributed by atoms with Gasteiger partial charge in [0.05, 0.1) is 6.21 Å². The van der Waals surface area contributed by atoms with E-state index in [9.17, 15) is 4.79 Å². The van der Waals surface area contributed by atoms with E-state index in [2.05, 4.69) is 32.5 Å². The highest BCUT2D eigenvalue weighted by Crippen LogP contribution is 2.30. The van der Waals surface area contributed by atoms with Crippen LogP contribution in [0.1, 0.15) is 35.3 Å². The van der Waals surface area contributed by atoms with E-state index in [0.717, 1.165) is 28.6 Å². The van der Waals surface area contributed by atoms with E-state index < -0.39 is 0 Å². The highest BCUT2D eigenvalue weighted by Gasteiger charge is 2.11. The summed E-state index contributed by atoms with van der Waals surface area (Å²) in [5.41, 5.74) is 7.31. The van der Waals surface area contributed by atoms with Crippen LogP contribution in [0.2, 0.25) is 0 Å². The topological polar surface area (TPSA) is 63.8 Å². The first-order valence-electron chi connectivity index (χ1n) is 10.0. The summed E-state index contributed by atoms with van der Waals surface area (Å²) in [5, 5.41) is 3.96. The van der Waals surface area contributed by atoms with Gasteiger partial charge in [0.15, 0.2) is 6.61 Å². The van der Waals surface area contributed by atoms with Crippen molar-refractivity contribution in [1.29, 1.82) is 0 Å². The lowest BCUT2D eigenvalue weighted by molar-refractivity contribution is -0.123. The normalized spacial score (nSPS) is 13.3. The van der Waals surface area contributed by atoms with Crippen molar-refractivity contribution in [3.8, 4) is 17.1 Å². The van der Waals surface area contributed by atoms with Gasteiger partial charge in [-0.2, -0.15) is 5.10 Å². The van der Waals surface area contributed by atoms with Gasteiger partial charge in [0.25, 0.3) is 5.91 Å². The van der Waals surface area contributed by atoms with Crippen molar-refractivity contribution in [3.05, 3.63) is 75.5 Å². The zero-order chi connectivity index (χ0) is 20.9. The molecule has 0 bridgehead atoms. The summed E-state index contributed by atoms with van der Waals surface area (Å²) < 4.78 is 12.4. The predicted molar refractivity (Wildman–Crippen MR) is 121 cm³/mol. The fraction of sp³-hybridized carbons (Fsp3) is 0.250. The predicted octanol–water partition coefficient (Wildman–Crippen LogP) is 5.43. The average molecular weight is 467 g/mol. The number of ether oxygens (including phenoxy) is 1. The van der Waals surface area contributed by atoms with Crippen LogP contribution in [0.15, 0.2) is 62.5 Å². The Morgan fingerprint density at radius 1 is 1.13 bits per heavy atom. The van der Waals surface area contributed by atoms with Crippen molar-refractivity contribution in [2.24, 2.45) is 5.10 Å². The largest absolute Gasteiger partial charge is 0.484 e. The molecule has 1 heterocycles. The van der Waals surface area contributed by atoms with Crippen LogP contribution in [0.3, 0.4) is 0 Å². The molecule has 1 aliphatic carbocycles. The number of nitrogens with zero attached hydrogens (tertiary/aromatic N) is 1. The van der Waals surface area contributed by atoms with Gasteiger partial charge in [-0.3, -0.25) is 4.79 Å². The van der Waals surface area contributed by atoms with Crippen LogP contribution in [-0.2, 0) is 17.6 Å². The molecule has 1 amide bonds. The number of amides is 1. The van der Waals surface area contributed by atoms with Gasteiger partial charge in [-0.25, -0.2) is 5.43 Å². The summed E-state index contributed by atoms with van der Waals surface area (Å²) >= 11 is 3.56. The Hall–Kier alpha value is -2.86. The number of hydrogen-bond donors (Lipinski definition) is 1. The summed E-state index contributed by atoms with van der Waals surface area (Å²) in [6, 6.07) is 15.8. The second-order valence-electron chi connectivity index (χ2n) is 7.40. The van der Waals surface area contributed by atoms with Crippen molar-refractivity contribution in [1.82, 2.24) is 5.43 Å². The molecule has 0 aliphatic heterocycles. The van der Waals surface area contributed by atoms with Gasteiger partial charge in [0.1, 0.15) is 17.3 Å². The molecule has 0 spiro atoms. The highest BCUT2D eigenvalue weighted by molar-refractivity contribution is 9.10. The first-order chi connectivity index (χ1) is 14.6. The minimum absolute atomic E-state index is 0.0875. The van der Waals surface area contributed by atoms with Crippen LogP contribution in [0, 0.1) is 6.92 Å². The first-order valence-corrected chi connectivity index (χ1v) is 10.8. The van der Waals surface area contributed by atoms with Gasteiger partial charge in [-0.1, -0.05) is 28.1 Å². The number of hydrogen-bond acceptors (Lipinski definition) is 4. The fourth-order valence-corrected chi connectivity index (χ4v) is 4.22. The molecule has 1 N–H and O–H groups in total. The molecule has 0 radical (unpaired) electrons. The number of carbonyl (C=O) groups is 1. The van der Waals surface area contributed by atoms with Gasteiger partial charge in [-0.15, -0.1) is 0 Å². The first kappa shape index (κ1) is 20.4. The minimum Gasteiger partial charge on any atom is -0.484 e. The SMILES string of the molecule is Cc1ccc(-c2ccc(/C=N\NC(=O)COc3ccc4c(c3)CCCC4)o2)c(Br)c1. The molecule has 1 aliphatic rings. The Kier molecular flexibility index (Phi) is 6.33. The monoisotopic (exact) mass is 466 g/mol. The molecule has 0 saturated carbocycles. The molecule has 154 valence electrons. The molecule has 0 saturated heterocycles. The number of halogens is 1. The minimum atomic E-state index is -0.322. The molecular formula is C24H23BrN2O3. The summed E-state index contributed by atoms with van der Waals surface area (Å²) in [6.07, 6.45) is 6.13. The van der Waals surface area contributed by atoms with Gasteiger partial charge in [0.2, 0.25) is 0 Å². The zero-order valence-electron chi connectivity index (χ0n) is 16.8. The van der Waals surface area contributed by atoms with Crippen LogP contribution in [0.4, 0.5) is 0 Å². The Balaban J connectivity index is 1.29. The Morgan fingerprint density at radius 2 is 1.97 bits per heavy atom. The van der Waals surface area contributed by atoms with Gasteiger partial charge >= 0.3 is 0 Å². The second-order valence-corrected chi connectivity index (χ2v) is 8.26. The van der Waals surface area contributed by atoms with E-state index >= 15 is 0 Å². The van der Waals surface area contributed by atoms with Crippen molar-refractivity contribution >= 4 is 28.1 Å². The maximum atomic E-state index is 12.0. The van der Waals surface area contributed by atoms with Crippen LogP contribution in [-0.4, -0.2) is 18.7 Å². The number of benzene rings is 2. The highest BCUT2D eigenvalue weighted by atomic mass is 79.9. The summed E-state index contributed by atoms with van der Waals surface area (Å²) in [4.78, 5) is 12.0. The molecule has 30 heavy (non-hydrogen) atoms. The second kappa shape index (κ2) is 9.30. The smallest absolute Gasteiger partial charge is 0.277 e. The lowest BCUT2D eigenvalue weighted by atomic mass is 9.92. The number of hydrazone groups is 1. The van der Waals surface area contributed by atoms with E-state index in [4.69, 9.17) is 9.15 Å². The molecule has 5 nitrogen and oxygen atoms in total. The van der Waals surface area contributed by atoms with Gasteiger partial charge in [-0.05, 0) is 85.7 Å². The number of fused-ring (bicyclic) bond motifs is 1. The van der Waals surface area contributed by atoms with E-state index in [-0.39, 0.29) is 12.5 Å². The van der Waals surface area contributed by atoms with Crippen LogP contribution < -0.4 is 10.2 Å². The summed E-state index contributed by atoms with van der Waals surface area (Å²) in [5.74, 6) is 1.67. The average Bonchev–Trinajstić information content (AvgIpc) is 3.20. The Labute approximate surface area is 184 Å². The molecule has 1 aromatic heterocycles. The third kappa shape index (κ3) is 5.00. The lowest BCUT2D eigenvalue weighted by Crippen LogP contribution is -2.24. The van der Waals surface area contributed by atoms with Crippen LogP contribution in [0.5, 0.6) is 5.75 Å². The van der Waals surface area contributed by atoms with Crippen molar-refractivity contribution < 1.29 is 13.9 Å². The Bertz CT molecular complexity index is 1090. The number of aryl methyl sites for hydroxylation is 3. The maximum absolute atomic E-state index is 12.0. The van der Waals surface area contributed by atoms with E-state index in [0.29, 0.717) is 11.5 Å². The van der Waals surface area contributed by atoms with E-state index in [1.807, 2.05) is 43.3 Å². The fourth-order valence-electron chi connectivity index (χ4n) is 3.54. The molecule has 4 rings (SSSR count). The molecular weight excluding hydrogens is 444 g/mol. The molecule has 0 unspecified atom stereocenters.